The lowest BCUT2D eigenvalue weighted by Crippen LogP contribution is -2.03. The Morgan fingerprint density at radius 1 is 1.00 bits per heavy atom. The fraction of sp³-hybridized carbons (Fsp3) is 0.455. The van der Waals surface area contributed by atoms with E-state index < -0.39 is 3.79 Å². The van der Waals surface area contributed by atoms with Crippen molar-refractivity contribution in [3.63, 3.8) is 0 Å². The molecule has 0 aliphatic carbocycles. The van der Waals surface area contributed by atoms with Crippen molar-refractivity contribution in [1.29, 1.82) is 0 Å². The normalized spacial score (nSPS) is 11.4. The molecular weight excluding hydrogens is 254 g/mol. The quantitative estimate of drug-likeness (QED) is 0.559. The molecular formula is C11H13Cl3O. The van der Waals surface area contributed by atoms with Crippen molar-refractivity contribution in [2.24, 2.45) is 0 Å². The fourth-order valence-corrected chi connectivity index (χ4v) is 1.54. The number of ether oxygens (including phenoxy) is 1. The first-order valence-electron chi connectivity index (χ1n) is 4.82. The average molecular weight is 268 g/mol. The van der Waals surface area contributed by atoms with Crippen molar-refractivity contribution >= 4 is 34.8 Å². The van der Waals surface area contributed by atoms with Gasteiger partial charge in [0, 0.05) is 0 Å². The third kappa shape index (κ3) is 6.88. The maximum absolute atomic E-state index is 5.62. The summed E-state index contributed by atoms with van der Waals surface area (Å²) in [6.07, 6.45) is 2.31. The average Bonchev–Trinajstić information content (AvgIpc) is 2.17. The Bertz CT molecular complexity index is 269. The molecule has 0 saturated heterocycles. The highest BCUT2D eigenvalue weighted by atomic mass is 35.6. The first-order chi connectivity index (χ1) is 7.08. The number of unbranched alkanes of at least 4 members (excludes halogenated alkanes) is 1. The number of alkyl halides is 3. The van der Waals surface area contributed by atoms with Crippen LogP contribution in [0.15, 0.2) is 30.3 Å². The van der Waals surface area contributed by atoms with Gasteiger partial charge < -0.3 is 4.74 Å². The van der Waals surface area contributed by atoms with Crippen molar-refractivity contribution in [2.75, 3.05) is 6.61 Å². The van der Waals surface area contributed by atoms with Gasteiger partial charge >= 0.3 is 0 Å². The number of hydrogen-bond acceptors (Lipinski definition) is 1. The Kier molecular flexibility index (Phi) is 5.59. The van der Waals surface area contributed by atoms with Gasteiger partial charge in [-0.1, -0.05) is 53.0 Å². The van der Waals surface area contributed by atoms with Crippen molar-refractivity contribution in [2.45, 2.75) is 23.1 Å². The van der Waals surface area contributed by atoms with E-state index in [4.69, 9.17) is 39.5 Å². The summed E-state index contributed by atoms with van der Waals surface area (Å²) in [6, 6.07) is 9.69. The number of halogens is 3. The Balaban J connectivity index is 2.08. The fourth-order valence-electron chi connectivity index (χ4n) is 1.13. The van der Waals surface area contributed by atoms with E-state index in [0.717, 1.165) is 18.6 Å². The van der Waals surface area contributed by atoms with Crippen LogP contribution in [0.3, 0.4) is 0 Å². The van der Waals surface area contributed by atoms with Gasteiger partial charge in [-0.3, -0.25) is 0 Å². The van der Waals surface area contributed by atoms with Crippen LogP contribution in [-0.2, 0) is 0 Å². The van der Waals surface area contributed by atoms with Crippen molar-refractivity contribution in [3.05, 3.63) is 30.3 Å². The molecule has 0 bridgehead atoms. The van der Waals surface area contributed by atoms with E-state index in [1.165, 1.54) is 0 Å². The van der Waals surface area contributed by atoms with Crippen LogP contribution in [-0.4, -0.2) is 10.4 Å². The minimum Gasteiger partial charge on any atom is -0.494 e. The SMILES string of the molecule is ClC(Cl)(Cl)CCCCOc1ccccc1. The van der Waals surface area contributed by atoms with Crippen molar-refractivity contribution in [1.82, 2.24) is 0 Å². The molecule has 0 radical (unpaired) electrons. The summed E-state index contributed by atoms with van der Waals surface area (Å²) >= 11 is 16.9. The number of hydrogen-bond donors (Lipinski definition) is 0. The van der Waals surface area contributed by atoms with Crippen LogP contribution in [0.2, 0.25) is 0 Å². The third-order valence-electron chi connectivity index (χ3n) is 1.87. The highest BCUT2D eigenvalue weighted by Gasteiger charge is 2.17. The maximum Gasteiger partial charge on any atom is 0.190 e. The molecule has 0 N–H and O–H groups in total. The summed E-state index contributed by atoms with van der Waals surface area (Å²) in [5, 5.41) is 0. The Morgan fingerprint density at radius 3 is 2.27 bits per heavy atom. The maximum atomic E-state index is 5.62. The molecule has 0 fully saturated rings. The Hall–Kier alpha value is -0.110. The van der Waals surface area contributed by atoms with E-state index in [0.29, 0.717) is 13.0 Å². The first kappa shape index (κ1) is 13.0. The summed E-state index contributed by atoms with van der Waals surface area (Å²) in [5.41, 5.74) is 0. The molecule has 0 saturated carbocycles. The number of rotatable bonds is 5. The van der Waals surface area contributed by atoms with Crippen molar-refractivity contribution in [3.8, 4) is 5.75 Å². The standard InChI is InChI=1S/C11H13Cl3O/c12-11(13,14)8-4-5-9-15-10-6-2-1-3-7-10/h1-3,6-7H,4-5,8-9H2. The molecule has 1 nitrogen and oxygen atoms in total. The second-order valence-electron chi connectivity index (χ2n) is 3.23. The molecule has 1 aromatic rings. The van der Waals surface area contributed by atoms with Crippen LogP contribution in [0.25, 0.3) is 0 Å². The first-order valence-corrected chi connectivity index (χ1v) is 5.96. The lowest BCUT2D eigenvalue weighted by atomic mass is 10.2. The molecule has 84 valence electrons. The molecule has 15 heavy (non-hydrogen) atoms. The van der Waals surface area contributed by atoms with E-state index in [9.17, 15) is 0 Å². The van der Waals surface area contributed by atoms with Crippen LogP contribution in [0.4, 0.5) is 0 Å². The molecule has 0 atom stereocenters. The number of para-hydroxylation sites is 1. The summed E-state index contributed by atoms with van der Waals surface area (Å²) in [7, 11) is 0. The highest BCUT2D eigenvalue weighted by molar-refractivity contribution is 6.67. The lowest BCUT2D eigenvalue weighted by Gasteiger charge is -2.10. The Labute approximate surface area is 105 Å². The van der Waals surface area contributed by atoms with Crippen LogP contribution >= 0.6 is 34.8 Å². The zero-order valence-electron chi connectivity index (χ0n) is 8.26. The Morgan fingerprint density at radius 2 is 1.67 bits per heavy atom. The van der Waals surface area contributed by atoms with Crippen LogP contribution in [0, 0.1) is 0 Å². The zero-order chi connectivity index (χ0) is 11.1. The largest absolute Gasteiger partial charge is 0.494 e. The molecule has 0 amide bonds. The van der Waals surface area contributed by atoms with E-state index in [1.807, 2.05) is 30.3 Å². The molecule has 0 aliphatic heterocycles. The van der Waals surface area contributed by atoms with Crippen LogP contribution in [0.1, 0.15) is 19.3 Å². The molecule has 0 aliphatic rings. The predicted molar refractivity (Wildman–Crippen MR) is 66.1 cm³/mol. The minimum atomic E-state index is -1.13. The van der Waals surface area contributed by atoms with Gasteiger partial charge in [0.15, 0.2) is 3.79 Å². The van der Waals surface area contributed by atoms with Gasteiger partial charge in [-0.2, -0.15) is 0 Å². The summed E-state index contributed by atoms with van der Waals surface area (Å²) in [5.74, 6) is 0.881. The summed E-state index contributed by atoms with van der Waals surface area (Å²) in [6.45, 7) is 0.658. The summed E-state index contributed by atoms with van der Waals surface area (Å²) < 4.78 is 4.36. The predicted octanol–water partition coefficient (Wildman–Crippen LogP) is 4.61. The smallest absolute Gasteiger partial charge is 0.190 e. The van der Waals surface area contributed by atoms with Gasteiger partial charge in [0.1, 0.15) is 5.75 Å². The molecule has 0 heterocycles. The molecule has 4 heteroatoms. The minimum absolute atomic E-state index is 0.565. The van der Waals surface area contributed by atoms with Crippen LogP contribution < -0.4 is 4.74 Å². The van der Waals surface area contributed by atoms with Gasteiger partial charge in [0.25, 0.3) is 0 Å². The summed E-state index contributed by atoms with van der Waals surface area (Å²) in [4.78, 5) is 0. The van der Waals surface area contributed by atoms with E-state index in [-0.39, 0.29) is 0 Å². The molecule has 0 aromatic heterocycles. The second kappa shape index (κ2) is 6.47. The molecule has 1 aromatic carbocycles. The second-order valence-corrected chi connectivity index (χ2v) is 5.75. The lowest BCUT2D eigenvalue weighted by molar-refractivity contribution is 0.305. The van der Waals surface area contributed by atoms with E-state index >= 15 is 0 Å². The van der Waals surface area contributed by atoms with E-state index in [1.54, 1.807) is 0 Å². The monoisotopic (exact) mass is 266 g/mol. The van der Waals surface area contributed by atoms with Gasteiger partial charge in [-0.15, -0.1) is 0 Å². The van der Waals surface area contributed by atoms with Crippen LogP contribution in [0.5, 0.6) is 5.75 Å². The molecule has 0 unspecified atom stereocenters. The van der Waals surface area contributed by atoms with Gasteiger partial charge in [0.2, 0.25) is 0 Å². The van der Waals surface area contributed by atoms with Gasteiger partial charge in [-0.25, -0.2) is 0 Å². The topological polar surface area (TPSA) is 9.23 Å². The van der Waals surface area contributed by atoms with Gasteiger partial charge in [0.05, 0.1) is 6.61 Å². The van der Waals surface area contributed by atoms with Gasteiger partial charge in [-0.05, 0) is 31.4 Å². The highest BCUT2D eigenvalue weighted by Crippen LogP contribution is 2.31. The van der Waals surface area contributed by atoms with Crippen molar-refractivity contribution < 1.29 is 4.74 Å². The van der Waals surface area contributed by atoms with E-state index in [2.05, 4.69) is 0 Å². The molecule has 0 spiro atoms. The zero-order valence-corrected chi connectivity index (χ0v) is 10.5. The third-order valence-corrected chi connectivity index (χ3v) is 2.43. The molecule has 1 rings (SSSR count). The number of benzene rings is 1.